The fourth-order valence-corrected chi connectivity index (χ4v) is 2.52. The third kappa shape index (κ3) is 3.30. The number of aryl methyl sites for hydroxylation is 1. The van der Waals surface area contributed by atoms with Gasteiger partial charge in [0.2, 0.25) is 0 Å². The number of nitrogens with zero attached hydrogens (tertiary/aromatic N) is 2. The van der Waals surface area contributed by atoms with Crippen molar-refractivity contribution in [1.29, 1.82) is 0 Å². The Morgan fingerprint density at radius 2 is 2.25 bits per heavy atom. The molecular formula is C14H24N4O2. The van der Waals surface area contributed by atoms with Crippen LogP contribution in [0.5, 0.6) is 0 Å². The minimum atomic E-state index is -0.199. The standard InChI is InChI=1S/C14H24N4O2/c1-9(2)18-11(4)13(10(3)17-18)16-14(19)15-8-12-6-5-7-20-12/h9,12H,5-8H2,1-4H3,(H2,15,16,19). The average molecular weight is 280 g/mol. The van der Waals surface area contributed by atoms with Crippen molar-refractivity contribution in [3.8, 4) is 0 Å². The Morgan fingerprint density at radius 3 is 2.80 bits per heavy atom. The lowest BCUT2D eigenvalue weighted by atomic mass is 10.2. The largest absolute Gasteiger partial charge is 0.376 e. The fraction of sp³-hybridized carbons (Fsp3) is 0.714. The molecule has 2 N–H and O–H groups in total. The first-order valence-electron chi connectivity index (χ1n) is 7.21. The number of nitrogens with one attached hydrogen (secondary N) is 2. The Morgan fingerprint density at radius 1 is 1.50 bits per heavy atom. The molecule has 1 aliphatic rings. The van der Waals surface area contributed by atoms with Gasteiger partial charge in [-0.2, -0.15) is 5.10 Å². The molecule has 0 bridgehead atoms. The zero-order valence-electron chi connectivity index (χ0n) is 12.7. The van der Waals surface area contributed by atoms with Crippen LogP contribution in [0.4, 0.5) is 10.5 Å². The van der Waals surface area contributed by atoms with Gasteiger partial charge in [0.05, 0.1) is 23.2 Å². The number of hydrogen-bond acceptors (Lipinski definition) is 3. The third-order valence-electron chi connectivity index (χ3n) is 3.57. The van der Waals surface area contributed by atoms with E-state index in [4.69, 9.17) is 4.74 Å². The Hall–Kier alpha value is -1.56. The second kappa shape index (κ2) is 6.26. The smallest absolute Gasteiger partial charge is 0.319 e. The number of urea groups is 1. The second-order valence-corrected chi connectivity index (χ2v) is 5.55. The summed E-state index contributed by atoms with van der Waals surface area (Å²) in [6.07, 6.45) is 2.25. The van der Waals surface area contributed by atoms with Crippen molar-refractivity contribution in [1.82, 2.24) is 15.1 Å². The van der Waals surface area contributed by atoms with E-state index < -0.39 is 0 Å². The molecule has 112 valence electrons. The molecule has 6 heteroatoms. The van der Waals surface area contributed by atoms with E-state index in [9.17, 15) is 4.79 Å². The van der Waals surface area contributed by atoms with Crippen LogP contribution in [0.2, 0.25) is 0 Å². The van der Waals surface area contributed by atoms with Crippen molar-refractivity contribution in [3.05, 3.63) is 11.4 Å². The van der Waals surface area contributed by atoms with Crippen molar-refractivity contribution in [2.24, 2.45) is 0 Å². The van der Waals surface area contributed by atoms with E-state index in [2.05, 4.69) is 29.6 Å². The van der Waals surface area contributed by atoms with E-state index >= 15 is 0 Å². The minimum Gasteiger partial charge on any atom is -0.376 e. The van der Waals surface area contributed by atoms with Gasteiger partial charge in [-0.15, -0.1) is 0 Å². The summed E-state index contributed by atoms with van der Waals surface area (Å²) in [7, 11) is 0. The van der Waals surface area contributed by atoms with Crippen LogP contribution in [0.25, 0.3) is 0 Å². The third-order valence-corrected chi connectivity index (χ3v) is 3.57. The van der Waals surface area contributed by atoms with Crippen LogP contribution in [0.3, 0.4) is 0 Å². The summed E-state index contributed by atoms with van der Waals surface area (Å²) in [4.78, 5) is 11.9. The summed E-state index contributed by atoms with van der Waals surface area (Å²) in [5, 5.41) is 10.2. The highest BCUT2D eigenvalue weighted by Gasteiger charge is 2.18. The zero-order valence-corrected chi connectivity index (χ0v) is 12.7. The molecule has 0 spiro atoms. The Balaban J connectivity index is 1.93. The van der Waals surface area contributed by atoms with Gasteiger partial charge in [0.15, 0.2) is 0 Å². The van der Waals surface area contributed by atoms with E-state index in [0.29, 0.717) is 6.54 Å². The van der Waals surface area contributed by atoms with Gasteiger partial charge < -0.3 is 15.4 Å². The molecule has 0 radical (unpaired) electrons. The summed E-state index contributed by atoms with van der Waals surface area (Å²) in [5.74, 6) is 0. The lowest BCUT2D eigenvalue weighted by Crippen LogP contribution is -2.35. The van der Waals surface area contributed by atoms with E-state index in [1.54, 1.807) is 0 Å². The lowest BCUT2D eigenvalue weighted by Gasteiger charge is -2.12. The topological polar surface area (TPSA) is 68.2 Å². The van der Waals surface area contributed by atoms with Crippen LogP contribution in [-0.2, 0) is 4.74 Å². The Labute approximate surface area is 119 Å². The van der Waals surface area contributed by atoms with E-state index in [1.165, 1.54) is 0 Å². The number of anilines is 1. The number of carbonyl (C=O) groups is 1. The number of ether oxygens (including phenoxy) is 1. The van der Waals surface area contributed by atoms with Crippen molar-refractivity contribution in [2.75, 3.05) is 18.5 Å². The monoisotopic (exact) mass is 280 g/mol. The molecule has 1 aromatic rings. The molecular weight excluding hydrogens is 256 g/mol. The Bertz CT molecular complexity index is 476. The molecule has 6 nitrogen and oxygen atoms in total. The molecule has 1 fully saturated rings. The highest BCUT2D eigenvalue weighted by molar-refractivity contribution is 5.90. The first-order valence-corrected chi connectivity index (χ1v) is 7.21. The van der Waals surface area contributed by atoms with Crippen LogP contribution >= 0.6 is 0 Å². The highest BCUT2D eigenvalue weighted by atomic mass is 16.5. The molecule has 2 rings (SSSR count). The van der Waals surface area contributed by atoms with E-state index in [-0.39, 0.29) is 18.2 Å². The summed E-state index contributed by atoms with van der Waals surface area (Å²) in [6, 6.07) is 0.0780. The molecule has 1 unspecified atom stereocenters. The molecule has 1 saturated heterocycles. The van der Waals surface area contributed by atoms with Crippen LogP contribution < -0.4 is 10.6 Å². The molecule has 2 amide bonds. The first kappa shape index (κ1) is 14.8. The van der Waals surface area contributed by atoms with Gasteiger partial charge >= 0.3 is 6.03 Å². The number of rotatable bonds is 4. The number of aromatic nitrogens is 2. The van der Waals surface area contributed by atoms with Crippen molar-refractivity contribution in [2.45, 2.75) is 52.7 Å². The van der Waals surface area contributed by atoms with Gasteiger partial charge in [-0.05, 0) is 40.5 Å². The maximum atomic E-state index is 11.9. The number of carbonyl (C=O) groups excluding carboxylic acids is 1. The van der Waals surface area contributed by atoms with Gasteiger partial charge in [0.1, 0.15) is 0 Å². The summed E-state index contributed by atoms with van der Waals surface area (Å²) >= 11 is 0. The molecule has 1 aliphatic heterocycles. The van der Waals surface area contributed by atoms with Crippen LogP contribution in [-0.4, -0.2) is 35.1 Å². The van der Waals surface area contributed by atoms with Crippen molar-refractivity contribution < 1.29 is 9.53 Å². The molecule has 0 aliphatic carbocycles. The molecule has 0 aromatic carbocycles. The summed E-state index contributed by atoms with van der Waals surface area (Å²) in [5.41, 5.74) is 2.61. The van der Waals surface area contributed by atoms with Gasteiger partial charge in [-0.3, -0.25) is 4.68 Å². The van der Waals surface area contributed by atoms with Gasteiger partial charge in [-0.1, -0.05) is 0 Å². The lowest BCUT2D eigenvalue weighted by molar-refractivity contribution is 0.112. The zero-order chi connectivity index (χ0) is 14.7. The summed E-state index contributed by atoms with van der Waals surface area (Å²) < 4.78 is 7.40. The SMILES string of the molecule is Cc1nn(C(C)C)c(C)c1NC(=O)NCC1CCCO1. The Kier molecular flexibility index (Phi) is 4.65. The van der Waals surface area contributed by atoms with Gasteiger partial charge in [0.25, 0.3) is 0 Å². The fourth-order valence-electron chi connectivity index (χ4n) is 2.52. The predicted molar refractivity (Wildman–Crippen MR) is 78.1 cm³/mol. The molecule has 2 heterocycles. The molecule has 20 heavy (non-hydrogen) atoms. The van der Waals surface area contributed by atoms with Crippen molar-refractivity contribution in [3.63, 3.8) is 0 Å². The van der Waals surface area contributed by atoms with E-state index in [0.717, 1.165) is 36.5 Å². The average Bonchev–Trinajstić information content (AvgIpc) is 2.99. The quantitative estimate of drug-likeness (QED) is 0.889. The molecule has 1 aromatic heterocycles. The van der Waals surface area contributed by atoms with Crippen LogP contribution in [0.1, 0.15) is 44.1 Å². The van der Waals surface area contributed by atoms with E-state index in [1.807, 2.05) is 18.5 Å². The first-order chi connectivity index (χ1) is 9.49. The number of hydrogen-bond donors (Lipinski definition) is 2. The van der Waals surface area contributed by atoms with Gasteiger partial charge in [-0.25, -0.2) is 4.79 Å². The van der Waals surface area contributed by atoms with Gasteiger partial charge in [0, 0.05) is 19.2 Å². The van der Waals surface area contributed by atoms with Crippen LogP contribution in [0.15, 0.2) is 0 Å². The van der Waals surface area contributed by atoms with Crippen LogP contribution in [0, 0.1) is 13.8 Å². The minimum absolute atomic E-state index is 0.154. The molecule has 0 saturated carbocycles. The second-order valence-electron chi connectivity index (χ2n) is 5.55. The molecule has 1 atom stereocenters. The van der Waals surface area contributed by atoms with Crippen molar-refractivity contribution >= 4 is 11.7 Å². The highest BCUT2D eigenvalue weighted by Crippen LogP contribution is 2.22. The predicted octanol–water partition coefficient (Wildman–Crippen LogP) is 2.38. The normalized spacial score (nSPS) is 18.6. The number of amides is 2. The summed E-state index contributed by atoms with van der Waals surface area (Å²) in [6.45, 7) is 9.37. The maximum absolute atomic E-state index is 11.9. The maximum Gasteiger partial charge on any atom is 0.319 e.